The highest BCUT2D eigenvalue weighted by atomic mass is 15.3. The number of nitrogens with zero attached hydrogens (tertiary/aromatic N) is 6. The molecule has 0 saturated carbocycles. The molecule has 0 aromatic carbocycles. The average Bonchev–Trinajstić information content (AvgIpc) is 3.18. The van der Waals surface area contributed by atoms with E-state index in [1.165, 1.54) is 0 Å². The van der Waals surface area contributed by atoms with E-state index in [2.05, 4.69) is 57.0 Å². The molecule has 0 aliphatic heterocycles. The lowest BCUT2D eigenvalue weighted by atomic mass is 10.1. The molecule has 22 heavy (non-hydrogen) atoms. The Morgan fingerprint density at radius 1 is 1.23 bits per heavy atom. The summed E-state index contributed by atoms with van der Waals surface area (Å²) in [5.41, 5.74) is 2.77. The monoisotopic (exact) mass is 299 g/mol. The molecule has 0 aliphatic carbocycles. The molecule has 7 heteroatoms. The van der Waals surface area contributed by atoms with Crippen molar-refractivity contribution in [3.8, 4) is 0 Å². The molecule has 3 aromatic heterocycles. The summed E-state index contributed by atoms with van der Waals surface area (Å²) >= 11 is 0. The maximum atomic E-state index is 4.52. The lowest BCUT2D eigenvalue weighted by molar-refractivity contribution is 0.520. The molecule has 3 aromatic rings. The SMILES string of the molecule is CC(C)c1cc(NCCC(C)n2ccnc2)c2nncn2n1. The molecule has 1 unspecified atom stereocenters. The van der Waals surface area contributed by atoms with Crippen molar-refractivity contribution in [3.05, 3.63) is 36.8 Å². The zero-order valence-electron chi connectivity index (χ0n) is 13.1. The van der Waals surface area contributed by atoms with E-state index >= 15 is 0 Å². The van der Waals surface area contributed by atoms with Crippen LogP contribution in [-0.2, 0) is 0 Å². The van der Waals surface area contributed by atoms with Gasteiger partial charge in [-0.25, -0.2) is 4.98 Å². The number of fused-ring (bicyclic) bond motifs is 1. The molecule has 1 N–H and O–H groups in total. The molecular formula is C15H21N7. The highest BCUT2D eigenvalue weighted by Gasteiger charge is 2.11. The summed E-state index contributed by atoms with van der Waals surface area (Å²) in [6.07, 6.45) is 8.29. The van der Waals surface area contributed by atoms with Crippen LogP contribution in [0.5, 0.6) is 0 Å². The third-order valence-electron chi connectivity index (χ3n) is 3.79. The van der Waals surface area contributed by atoms with E-state index in [0.29, 0.717) is 12.0 Å². The third kappa shape index (κ3) is 2.93. The number of aromatic nitrogens is 6. The van der Waals surface area contributed by atoms with E-state index in [1.54, 1.807) is 17.0 Å². The van der Waals surface area contributed by atoms with Crippen LogP contribution in [0.15, 0.2) is 31.1 Å². The molecule has 0 aliphatic rings. The van der Waals surface area contributed by atoms with Crippen LogP contribution < -0.4 is 5.32 Å². The second-order valence-corrected chi connectivity index (χ2v) is 5.81. The molecule has 1 atom stereocenters. The van der Waals surface area contributed by atoms with Crippen LogP contribution in [0, 0.1) is 0 Å². The minimum atomic E-state index is 0.359. The summed E-state index contributed by atoms with van der Waals surface area (Å²) in [7, 11) is 0. The summed E-state index contributed by atoms with van der Waals surface area (Å²) in [4.78, 5) is 4.09. The predicted octanol–water partition coefficient (Wildman–Crippen LogP) is 2.51. The summed E-state index contributed by atoms with van der Waals surface area (Å²) in [6, 6.07) is 2.46. The van der Waals surface area contributed by atoms with Crippen molar-refractivity contribution >= 4 is 11.3 Å². The summed E-state index contributed by atoms with van der Waals surface area (Å²) in [6.45, 7) is 7.29. The highest BCUT2D eigenvalue weighted by Crippen LogP contribution is 2.20. The van der Waals surface area contributed by atoms with Gasteiger partial charge in [-0.05, 0) is 25.3 Å². The van der Waals surface area contributed by atoms with Crippen LogP contribution >= 0.6 is 0 Å². The second kappa shape index (κ2) is 6.13. The van der Waals surface area contributed by atoms with E-state index in [9.17, 15) is 0 Å². The Balaban J connectivity index is 1.71. The first kappa shape index (κ1) is 14.5. The zero-order chi connectivity index (χ0) is 15.5. The van der Waals surface area contributed by atoms with Gasteiger partial charge in [0.1, 0.15) is 6.33 Å². The summed E-state index contributed by atoms with van der Waals surface area (Å²) in [5, 5.41) is 16.1. The van der Waals surface area contributed by atoms with E-state index in [-0.39, 0.29) is 0 Å². The molecule has 116 valence electrons. The average molecular weight is 299 g/mol. The van der Waals surface area contributed by atoms with E-state index in [1.807, 2.05) is 12.5 Å². The molecule has 0 saturated heterocycles. The van der Waals surface area contributed by atoms with Gasteiger partial charge < -0.3 is 9.88 Å². The van der Waals surface area contributed by atoms with Gasteiger partial charge in [-0.1, -0.05) is 13.8 Å². The number of nitrogens with one attached hydrogen (secondary N) is 1. The molecule has 0 bridgehead atoms. The van der Waals surface area contributed by atoms with Crippen LogP contribution in [-0.4, -0.2) is 35.9 Å². The normalized spacial score (nSPS) is 12.9. The van der Waals surface area contributed by atoms with Gasteiger partial charge >= 0.3 is 0 Å². The van der Waals surface area contributed by atoms with Gasteiger partial charge in [-0.2, -0.15) is 9.61 Å². The fourth-order valence-electron chi connectivity index (χ4n) is 2.35. The summed E-state index contributed by atoms with van der Waals surface area (Å²) in [5.74, 6) is 0.359. The molecule has 0 spiro atoms. The first-order chi connectivity index (χ1) is 10.6. The van der Waals surface area contributed by atoms with Crippen molar-refractivity contribution in [3.63, 3.8) is 0 Å². The van der Waals surface area contributed by atoms with Crippen LogP contribution in [0.3, 0.4) is 0 Å². The number of hydrogen-bond donors (Lipinski definition) is 1. The van der Waals surface area contributed by atoms with Gasteiger partial charge in [-0.15, -0.1) is 10.2 Å². The largest absolute Gasteiger partial charge is 0.382 e. The van der Waals surface area contributed by atoms with Crippen LogP contribution in [0.25, 0.3) is 5.65 Å². The molecule has 0 fully saturated rings. The Morgan fingerprint density at radius 3 is 2.82 bits per heavy atom. The van der Waals surface area contributed by atoms with Crippen LogP contribution in [0.2, 0.25) is 0 Å². The van der Waals surface area contributed by atoms with Gasteiger partial charge in [0.25, 0.3) is 0 Å². The van der Waals surface area contributed by atoms with Gasteiger partial charge in [0.2, 0.25) is 5.65 Å². The van der Waals surface area contributed by atoms with Crippen molar-refractivity contribution in [2.24, 2.45) is 0 Å². The Hall–Kier alpha value is -2.44. The lowest BCUT2D eigenvalue weighted by Crippen LogP contribution is -2.12. The zero-order valence-corrected chi connectivity index (χ0v) is 13.1. The fourth-order valence-corrected chi connectivity index (χ4v) is 2.35. The Labute approximate surface area is 129 Å². The van der Waals surface area contributed by atoms with Gasteiger partial charge in [-0.3, -0.25) is 0 Å². The van der Waals surface area contributed by atoms with E-state index in [0.717, 1.165) is 30.0 Å². The minimum Gasteiger partial charge on any atom is -0.382 e. The molecular weight excluding hydrogens is 278 g/mol. The summed E-state index contributed by atoms with van der Waals surface area (Å²) < 4.78 is 3.84. The highest BCUT2D eigenvalue weighted by molar-refractivity contribution is 5.66. The van der Waals surface area contributed by atoms with Gasteiger partial charge in [0.05, 0.1) is 17.7 Å². The molecule has 3 heterocycles. The smallest absolute Gasteiger partial charge is 0.200 e. The van der Waals surface area contributed by atoms with Crippen molar-refractivity contribution < 1.29 is 0 Å². The quantitative estimate of drug-likeness (QED) is 0.757. The van der Waals surface area contributed by atoms with Crippen molar-refractivity contribution in [1.29, 1.82) is 0 Å². The van der Waals surface area contributed by atoms with Gasteiger partial charge in [0.15, 0.2) is 0 Å². The van der Waals surface area contributed by atoms with Crippen LogP contribution in [0.1, 0.15) is 44.8 Å². The van der Waals surface area contributed by atoms with Crippen molar-refractivity contribution in [1.82, 2.24) is 29.4 Å². The molecule has 0 radical (unpaired) electrons. The number of anilines is 1. The maximum Gasteiger partial charge on any atom is 0.200 e. The first-order valence-corrected chi connectivity index (χ1v) is 7.57. The predicted molar refractivity (Wildman–Crippen MR) is 84.9 cm³/mol. The maximum absolute atomic E-state index is 4.52. The van der Waals surface area contributed by atoms with E-state index in [4.69, 9.17) is 0 Å². The number of hydrogen-bond acceptors (Lipinski definition) is 5. The Kier molecular flexibility index (Phi) is 4.04. The van der Waals surface area contributed by atoms with Crippen molar-refractivity contribution in [2.45, 2.75) is 39.2 Å². The second-order valence-electron chi connectivity index (χ2n) is 5.81. The Morgan fingerprint density at radius 2 is 2.09 bits per heavy atom. The van der Waals surface area contributed by atoms with Crippen LogP contribution in [0.4, 0.5) is 5.69 Å². The lowest BCUT2D eigenvalue weighted by Gasteiger charge is -2.15. The van der Waals surface area contributed by atoms with Gasteiger partial charge in [0, 0.05) is 25.0 Å². The number of imidazole rings is 1. The molecule has 3 rings (SSSR count). The molecule has 7 nitrogen and oxygen atoms in total. The standard InChI is InChI=1S/C15H21N7/c1-11(2)13-8-14(15-19-18-10-22(15)20-13)17-5-4-12(3)21-7-6-16-9-21/h6-12,17H,4-5H2,1-3H3. The molecule has 0 amide bonds. The fraction of sp³-hybridized carbons (Fsp3) is 0.467. The number of rotatable bonds is 6. The van der Waals surface area contributed by atoms with Crippen molar-refractivity contribution in [2.75, 3.05) is 11.9 Å². The third-order valence-corrected chi connectivity index (χ3v) is 3.79. The Bertz CT molecular complexity index is 730. The minimum absolute atomic E-state index is 0.359. The topological polar surface area (TPSA) is 72.9 Å². The first-order valence-electron chi connectivity index (χ1n) is 7.57. The van der Waals surface area contributed by atoms with E-state index < -0.39 is 0 Å².